The van der Waals surface area contributed by atoms with Gasteiger partial charge in [0.1, 0.15) is 0 Å². The zero-order valence-electron chi connectivity index (χ0n) is 24.9. The number of aryl methyl sites for hydroxylation is 1. The van der Waals surface area contributed by atoms with E-state index < -0.39 is 27.1 Å². The lowest BCUT2D eigenvalue weighted by molar-refractivity contribution is -0.136. The number of rotatable bonds is 9. The number of halogens is 3. The first-order valence-corrected chi connectivity index (χ1v) is 16.3. The molecular formula is C34H34F3N3O4S. The smallest absolute Gasteiger partial charge is 0.366 e. The summed E-state index contributed by atoms with van der Waals surface area (Å²) in [6, 6.07) is 19.1. The number of benzene rings is 3. The van der Waals surface area contributed by atoms with Crippen LogP contribution in [-0.4, -0.2) is 37.9 Å². The van der Waals surface area contributed by atoms with Crippen molar-refractivity contribution in [3.63, 3.8) is 0 Å². The van der Waals surface area contributed by atoms with E-state index >= 15 is 0 Å². The van der Waals surface area contributed by atoms with Crippen LogP contribution in [0.5, 0.6) is 0 Å². The van der Waals surface area contributed by atoms with Crippen LogP contribution in [0.3, 0.4) is 0 Å². The molecule has 1 aromatic heterocycles. The maximum absolute atomic E-state index is 13.7. The molecule has 5 rings (SSSR count). The van der Waals surface area contributed by atoms with E-state index in [1.165, 1.54) is 30.3 Å². The van der Waals surface area contributed by atoms with Crippen molar-refractivity contribution >= 4 is 38.4 Å². The van der Waals surface area contributed by atoms with Crippen molar-refractivity contribution in [1.82, 2.24) is 10.3 Å². The molecule has 236 valence electrons. The van der Waals surface area contributed by atoms with E-state index in [4.69, 9.17) is 0 Å². The summed E-state index contributed by atoms with van der Waals surface area (Å²) in [4.78, 5) is 29.1. The number of anilines is 1. The minimum Gasteiger partial charge on any atom is -0.366 e. The fourth-order valence-corrected chi connectivity index (χ4v) is 7.17. The predicted octanol–water partition coefficient (Wildman–Crippen LogP) is 6.41. The van der Waals surface area contributed by atoms with E-state index in [9.17, 15) is 31.2 Å². The molecule has 2 atom stereocenters. The van der Waals surface area contributed by atoms with Gasteiger partial charge in [0.15, 0.2) is 9.84 Å². The van der Waals surface area contributed by atoms with E-state index in [1.807, 2.05) is 26.0 Å². The number of alkyl halides is 3. The third-order valence-electron chi connectivity index (χ3n) is 8.14. The maximum Gasteiger partial charge on any atom is 0.417 e. The first-order chi connectivity index (χ1) is 21.3. The van der Waals surface area contributed by atoms with Gasteiger partial charge in [0.05, 0.1) is 16.2 Å². The molecule has 0 bridgehead atoms. The van der Waals surface area contributed by atoms with Crippen molar-refractivity contribution in [3.8, 4) is 0 Å². The van der Waals surface area contributed by atoms with E-state index in [2.05, 4.69) is 15.2 Å². The summed E-state index contributed by atoms with van der Waals surface area (Å²) in [6.45, 7) is 4.32. The summed E-state index contributed by atoms with van der Waals surface area (Å²) in [5.74, 6) is -0.411. The fourth-order valence-electron chi connectivity index (χ4n) is 5.82. The highest BCUT2D eigenvalue weighted by atomic mass is 32.2. The number of hydrogen-bond donors (Lipinski definition) is 2. The van der Waals surface area contributed by atoms with Gasteiger partial charge in [0.2, 0.25) is 11.5 Å². The SMILES string of the molecule is Cc1ccc(CS(=O)(=O)c2ccc(C=CC(=O)NCC[C@H]3CC[C@@H](C)N3c3ccc4[nH]c(=O)cc(C(F)(F)F)c4c3)cc2)cc1. The normalized spacial score (nSPS) is 17.3. The van der Waals surface area contributed by atoms with Crippen molar-refractivity contribution in [2.24, 2.45) is 0 Å². The summed E-state index contributed by atoms with van der Waals surface area (Å²) in [7, 11) is -3.52. The number of pyridine rings is 1. The largest absolute Gasteiger partial charge is 0.417 e. The van der Waals surface area contributed by atoms with Gasteiger partial charge in [-0.3, -0.25) is 9.59 Å². The Balaban J connectivity index is 1.18. The van der Waals surface area contributed by atoms with Gasteiger partial charge >= 0.3 is 6.18 Å². The lowest BCUT2D eigenvalue weighted by atomic mass is 10.1. The highest BCUT2D eigenvalue weighted by Crippen LogP contribution is 2.37. The molecule has 4 aromatic rings. The number of aromatic nitrogens is 1. The van der Waals surface area contributed by atoms with Crippen LogP contribution < -0.4 is 15.8 Å². The number of carbonyl (C=O) groups is 1. The Kier molecular flexibility index (Phi) is 9.20. The summed E-state index contributed by atoms with van der Waals surface area (Å²) in [5.41, 5.74) is 1.42. The molecule has 0 radical (unpaired) electrons. The maximum atomic E-state index is 13.7. The summed E-state index contributed by atoms with van der Waals surface area (Å²) >= 11 is 0. The summed E-state index contributed by atoms with van der Waals surface area (Å²) in [6.07, 6.45) is 0.585. The topological polar surface area (TPSA) is 99.3 Å². The molecule has 1 fully saturated rings. The molecule has 1 aliphatic heterocycles. The van der Waals surface area contributed by atoms with Crippen LogP contribution in [0.25, 0.3) is 17.0 Å². The van der Waals surface area contributed by atoms with E-state index in [1.54, 1.807) is 36.4 Å². The number of fused-ring (bicyclic) bond motifs is 1. The number of hydrogen-bond acceptors (Lipinski definition) is 5. The monoisotopic (exact) mass is 637 g/mol. The molecule has 7 nitrogen and oxygen atoms in total. The van der Waals surface area contributed by atoms with Crippen LogP contribution >= 0.6 is 0 Å². The van der Waals surface area contributed by atoms with Crippen LogP contribution in [0.1, 0.15) is 48.4 Å². The zero-order valence-corrected chi connectivity index (χ0v) is 25.7. The molecule has 11 heteroatoms. The minimum atomic E-state index is -4.67. The molecule has 1 saturated heterocycles. The second-order valence-electron chi connectivity index (χ2n) is 11.5. The van der Waals surface area contributed by atoms with Gasteiger partial charge in [-0.1, -0.05) is 42.0 Å². The van der Waals surface area contributed by atoms with Gasteiger partial charge < -0.3 is 15.2 Å². The van der Waals surface area contributed by atoms with Crippen molar-refractivity contribution in [2.45, 2.75) is 62.0 Å². The molecule has 0 spiro atoms. The van der Waals surface area contributed by atoms with Crippen molar-refractivity contribution < 1.29 is 26.4 Å². The quantitative estimate of drug-likeness (QED) is 0.207. The molecule has 45 heavy (non-hydrogen) atoms. The second kappa shape index (κ2) is 12.9. The van der Waals surface area contributed by atoms with E-state index in [-0.39, 0.29) is 39.5 Å². The fraction of sp³-hybridized carbons (Fsp3) is 0.294. The average Bonchev–Trinajstić information content (AvgIpc) is 3.36. The second-order valence-corrected chi connectivity index (χ2v) is 13.5. The van der Waals surface area contributed by atoms with Crippen LogP contribution in [0, 0.1) is 6.92 Å². The number of amides is 1. The first kappa shape index (κ1) is 32.0. The Hall–Kier alpha value is -4.38. The molecule has 0 unspecified atom stereocenters. The molecule has 3 aromatic carbocycles. The third kappa shape index (κ3) is 7.65. The lowest BCUT2D eigenvalue weighted by Crippen LogP contribution is -2.37. The highest BCUT2D eigenvalue weighted by Gasteiger charge is 2.35. The Labute approximate surface area is 259 Å². The van der Waals surface area contributed by atoms with Gasteiger partial charge in [-0.2, -0.15) is 13.2 Å². The molecular weight excluding hydrogens is 603 g/mol. The average molecular weight is 638 g/mol. The molecule has 2 N–H and O–H groups in total. The van der Waals surface area contributed by atoms with Gasteiger partial charge in [0.25, 0.3) is 0 Å². The van der Waals surface area contributed by atoms with Crippen molar-refractivity contribution in [3.05, 3.63) is 111 Å². The molecule has 0 saturated carbocycles. The number of H-pyrrole nitrogens is 1. The number of nitrogens with one attached hydrogen (secondary N) is 2. The van der Waals surface area contributed by atoms with E-state index in [0.29, 0.717) is 35.8 Å². The zero-order chi connectivity index (χ0) is 32.4. The predicted molar refractivity (Wildman–Crippen MR) is 170 cm³/mol. The van der Waals surface area contributed by atoms with Gasteiger partial charge in [-0.15, -0.1) is 0 Å². The number of sulfone groups is 1. The third-order valence-corrected chi connectivity index (χ3v) is 9.84. The Bertz CT molecular complexity index is 1880. The Morgan fingerprint density at radius 2 is 1.73 bits per heavy atom. The van der Waals surface area contributed by atoms with E-state index in [0.717, 1.165) is 18.4 Å². The number of carbonyl (C=O) groups excluding carboxylic acids is 1. The summed E-state index contributed by atoms with van der Waals surface area (Å²) in [5, 5.41) is 2.80. The highest BCUT2D eigenvalue weighted by molar-refractivity contribution is 7.90. The Morgan fingerprint density at radius 3 is 2.42 bits per heavy atom. The molecule has 1 aliphatic rings. The standard InChI is InChI=1S/C34H34F3N3O4S/c1-22-3-6-25(7-4-22)21-45(43,44)28-13-8-24(9-14-28)10-16-32(41)38-18-17-26-11-5-23(2)40(26)27-12-15-31-29(19-27)30(34(35,36)37)20-33(42)39-31/h3-4,6-10,12-16,19-20,23,26H,5,11,17-18,21H2,1-2H3,(H,38,41)(H,39,42)/t23-,26-/m1/s1. The van der Waals surface area contributed by atoms with Crippen LogP contribution in [-0.2, 0) is 26.6 Å². The number of nitrogens with zero attached hydrogens (tertiary/aromatic N) is 1. The van der Waals surface area contributed by atoms with Crippen molar-refractivity contribution in [2.75, 3.05) is 11.4 Å². The van der Waals surface area contributed by atoms with Crippen LogP contribution in [0.15, 0.2) is 88.6 Å². The van der Waals surface area contributed by atoms with Crippen LogP contribution in [0.4, 0.5) is 18.9 Å². The molecule has 1 amide bonds. The van der Waals surface area contributed by atoms with Gasteiger partial charge in [-0.05, 0) is 80.6 Å². The molecule has 2 heterocycles. The number of aromatic amines is 1. The minimum absolute atomic E-state index is 0.00762. The molecule has 0 aliphatic carbocycles. The van der Waals surface area contributed by atoms with Gasteiger partial charge in [0, 0.05) is 47.4 Å². The Morgan fingerprint density at radius 1 is 1.02 bits per heavy atom. The van der Waals surface area contributed by atoms with Crippen LogP contribution in [0.2, 0.25) is 0 Å². The summed E-state index contributed by atoms with van der Waals surface area (Å²) < 4.78 is 66.7. The first-order valence-electron chi connectivity index (χ1n) is 14.7. The van der Waals surface area contributed by atoms with Gasteiger partial charge in [-0.25, -0.2) is 8.42 Å². The lowest BCUT2D eigenvalue weighted by Gasteiger charge is -2.31. The van der Waals surface area contributed by atoms with Crippen molar-refractivity contribution in [1.29, 1.82) is 0 Å².